The lowest BCUT2D eigenvalue weighted by atomic mass is 10.2. The van der Waals surface area contributed by atoms with Gasteiger partial charge in [-0.3, -0.25) is 4.79 Å². The van der Waals surface area contributed by atoms with E-state index in [1.807, 2.05) is 6.92 Å². The Morgan fingerprint density at radius 2 is 1.71 bits per heavy atom. The summed E-state index contributed by atoms with van der Waals surface area (Å²) in [5, 5.41) is 2.41. The molecule has 7 nitrogen and oxygen atoms in total. The van der Waals surface area contributed by atoms with Crippen LogP contribution in [0, 0.1) is 5.82 Å². The number of halogens is 1. The molecule has 4 aromatic rings. The maximum atomic E-state index is 13.3. The number of rotatable bonds is 9. The highest BCUT2D eigenvalue weighted by Gasteiger charge is 2.29. The standard InChI is InChI=1S/C25H21FN2O5S2/c1-2-32-20-14-12-19(13-15-20)27-22(29)16-34-25-24(35(30,31)21-6-4-3-5-7-21)28-23(33-25)17-8-10-18(26)11-9-17/h3-15H,2,16H2,1H3,(H,27,29). The van der Waals surface area contributed by atoms with Gasteiger partial charge in [0.15, 0.2) is 0 Å². The second-order valence-corrected chi connectivity index (χ2v) is 10.0. The summed E-state index contributed by atoms with van der Waals surface area (Å²) in [6.45, 7) is 2.41. The number of thioether (sulfide) groups is 1. The van der Waals surface area contributed by atoms with E-state index in [9.17, 15) is 17.6 Å². The van der Waals surface area contributed by atoms with Crippen molar-refractivity contribution >= 4 is 33.2 Å². The summed E-state index contributed by atoms with van der Waals surface area (Å²) in [7, 11) is -4.03. The van der Waals surface area contributed by atoms with Crippen LogP contribution in [-0.4, -0.2) is 31.7 Å². The minimum Gasteiger partial charge on any atom is -0.494 e. The van der Waals surface area contributed by atoms with Gasteiger partial charge in [0, 0.05) is 11.3 Å². The van der Waals surface area contributed by atoms with Crippen molar-refractivity contribution in [3.8, 4) is 17.2 Å². The molecular formula is C25H21FN2O5S2. The highest BCUT2D eigenvalue weighted by Crippen LogP contribution is 2.35. The average molecular weight is 513 g/mol. The van der Waals surface area contributed by atoms with Gasteiger partial charge in [-0.2, -0.15) is 4.98 Å². The van der Waals surface area contributed by atoms with Crippen molar-refractivity contribution < 1.29 is 26.8 Å². The van der Waals surface area contributed by atoms with Crippen molar-refractivity contribution in [3.63, 3.8) is 0 Å². The molecule has 0 atom stereocenters. The van der Waals surface area contributed by atoms with Gasteiger partial charge < -0.3 is 14.5 Å². The van der Waals surface area contributed by atoms with Crippen LogP contribution >= 0.6 is 11.8 Å². The maximum Gasteiger partial charge on any atom is 0.234 e. The SMILES string of the molecule is CCOc1ccc(NC(=O)CSc2oc(-c3ccc(F)cc3)nc2S(=O)(=O)c2ccccc2)cc1. The Labute approximate surface area is 206 Å². The fraction of sp³-hybridized carbons (Fsp3) is 0.120. The number of hydrogen-bond donors (Lipinski definition) is 1. The van der Waals surface area contributed by atoms with Crippen LogP contribution in [0.15, 0.2) is 98.3 Å². The Hall–Kier alpha value is -3.63. The molecule has 4 rings (SSSR count). The van der Waals surface area contributed by atoms with Gasteiger partial charge in [-0.1, -0.05) is 30.0 Å². The summed E-state index contributed by atoms with van der Waals surface area (Å²) < 4.78 is 51.0. The molecule has 1 aromatic heterocycles. The number of carbonyl (C=O) groups is 1. The van der Waals surface area contributed by atoms with Gasteiger partial charge >= 0.3 is 0 Å². The van der Waals surface area contributed by atoms with Gasteiger partial charge in [-0.15, -0.1) is 0 Å². The lowest BCUT2D eigenvalue weighted by Crippen LogP contribution is -2.14. The number of aromatic nitrogens is 1. The number of carbonyl (C=O) groups excluding carboxylic acids is 1. The Bertz CT molecular complexity index is 1400. The zero-order valence-electron chi connectivity index (χ0n) is 18.6. The van der Waals surface area contributed by atoms with E-state index in [-0.39, 0.29) is 32.6 Å². The number of nitrogens with zero attached hydrogens (tertiary/aromatic N) is 1. The predicted octanol–water partition coefficient (Wildman–Crippen LogP) is 5.44. The van der Waals surface area contributed by atoms with E-state index in [1.165, 1.54) is 36.4 Å². The largest absolute Gasteiger partial charge is 0.494 e. The molecular weight excluding hydrogens is 491 g/mol. The van der Waals surface area contributed by atoms with Crippen molar-refractivity contribution in [2.24, 2.45) is 0 Å². The molecule has 180 valence electrons. The lowest BCUT2D eigenvalue weighted by molar-refractivity contribution is -0.113. The monoisotopic (exact) mass is 512 g/mol. The third kappa shape index (κ3) is 5.90. The topological polar surface area (TPSA) is 98.5 Å². The van der Waals surface area contributed by atoms with Gasteiger partial charge in [0.1, 0.15) is 11.6 Å². The minimum atomic E-state index is -4.03. The van der Waals surface area contributed by atoms with Crippen LogP contribution in [0.25, 0.3) is 11.5 Å². The van der Waals surface area contributed by atoms with Gasteiger partial charge in [0.25, 0.3) is 0 Å². The summed E-state index contributed by atoms with van der Waals surface area (Å²) in [6.07, 6.45) is 0. The number of oxazole rings is 1. The number of benzene rings is 3. The number of nitrogens with one attached hydrogen (secondary N) is 1. The first-order valence-corrected chi connectivity index (χ1v) is 13.1. The lowest BCUT2D eigenvalue weighted by Gasteiger charge is -2.07. The first-order valence-electron chi connectivity index (χ1n) is 10.6. The summed E-state index contributed by atoms with van der Waals surface area (Å²) in [5.41, 5.74) is 0.974. The molecule has 0 aliphatic heterocycles. The van der Waals surface area contributed by atoms with Crippen LogP contribution in [0.3, 0.4) is 0 Å². The highest BCUT2D eigenvalue weighted by molar-refractivity contribution is 8.00. The van der Waals surface area contributed by atoms with Crippen molar-refractivity contribution in [2.45, 2.75) is 21.9 Å². The molecule has 0 saturated heterocycles. The van der Waals surface area contributed by atoms with Crippen LogP contribution in [0.4, 0.5) is 10.1 Å². The quantitative estimate of drug-likeness (QED) is 0.298. The van der Waals surface area contributed by atoms with Crippen LogP contribution in [-0.2, 0) is 14.6 Å². The molecule has 0 unspecified atom stereocenters. The molecule has 1 amide bonds. The molecule has 0 fully saturated rings. The predicted molar refractivity (Wildman–Crippen MR) is 131 cm³/mol. The fourth-order valence-corrected chi connectivity index (χ4v) is 5.46. The first kappa shape index (κ1) is 24.5. The maximum absolute atomic E-state index is 13.3. The van der Waals surface area contributed by atoms with Gasteiger partial charge in [0.2, 0.25) is 31.8 Å². The fourth-order valence-electron chi connectivity index (χ4n) is 3.11. The zero-order valence-corrected chi connectivity index (χ0v) is 20.2. The molecule has 0 saturated carbocycles. The Balaban J connectivity index is 1.58. The molecule has 10 heteroatoms. The number of amides is 1. The molecule has 3 aromatic carbocycles. The summed E-state index contributed by atoms with van der Waals surface area (Å²) in [5.74, 6) is -0.234. The molecule has 0 spiro atoms. The van der Waals surface area contributed by atoms with Crippen molar-refractivity contribution in [2.75, 3.05) is 17.7 Å². The molecule has 1 N–H and O–H groups in total. The third-order valence-electron chi connectivity index (χ3n) is 4.75. The van der Waals surface area contributed by atoms with E-state index in [0.29, 0.717) is 23.6 Å². The molecule has 1 heterocycles. The second-order valence-electron chi connectivity index (χ2n) is 7.23. The van der Waals surface area contributed by atoms with Gasteiger partial charge in [0.05, 0.1) is 17.3 Å². The van der Waals surface area contributed by atoms with Crippen LogP contribution in [0.5, 0.6) is 5.75 Å². The number of sulfone groups is 1. The van der Waals surface area contributed by atoms with Gasteiger partial charge in [-0.05, 0) is 67.6 Å². The van der Waals surface area contributed by atoms with Crippen molar-refractivity contribution in [1.29, 1.82) is 0 Å². The number of ether oxygens (including phenoxy) is 1. The molecule has 35 heavy (non-hydrogen) atoms. The molecule has 0 aliphatic carbocycles. The summed E-state index contributed by atoms with van der Waals surface area (Å²) in [4.78, 5) is 16.8. The smallest absolute Gasteiger partial charge is 0.234 e. The van der Waals surface area contributed by atoms with Crippen molar-refractivity contribution in [3.05, 3.63) is 84.7 Å². The number of anilines is 1. The third-order valence-corrected chi connectivity index (χ3v) is 7.50. The van der Waals surface area contributed by atoms with E-state index in [4.69, 9.17) is 9.15 Å². The minimum absolute atomic E-state index is 0.00827. The molecule has 0 bridgehead atoms. The number of hydrogen-bond acceptors (Lipinski definition) is 7. The van der Waals surface area contributed by atoms with Crippen LogP contribution in [0.2, 0.25) is 0 Å². The van der Waals surface area contributed by atoms with E-state index in [2.05, 4.69) is 10.3 Å². The Morgan fingerprint density at radius 1 is 1.03 bits per heavy atom. The summed E-state index contributed by atoms with van der Waals surface area (Å²) >= 11 is 0.907. The van der Waals surface area contributed by atoms with Crippen LogP contribution in [0.1, 0.15) is 6.92 Å². The second kappa shape index (κ2) is 10.7. The Kier molecular flexibility index (Phi) is 7.52. The van der Waals surface area contributed by atoms with E-state index in [0.717, 1.165) is 11.8 Å². The van der Waals surface area contributed by atoms with Crippen LogP contribution < -0.4 is 10.1 Å². The van der Waals surface area contributed by atoms with E-state index < -0.39 is 15.7 Å². The first-order chi connectivity index (χ1) is 16.9. The van der Waals surface area contributed by atoms with E-state index >= 15 is 0 Å². The zero-order chi connectivity index (χ0) is 24.8. The van der Waals surface area contributed by atoms with Gasteiger partial charge in [-0.25, -0.2) is 12.8 Å². The van der Waals surface area contributed by atoms with Crippen molar-refractivity contribution in [1.82, 2.24) is 4.98 Å². The molecule has 0 radical (unpaired) electrons. The summed E-state index contributed by atoms with van der Waals surface area (Å²) in [6, 6.07) is 20.0. The Morgan fingerprint density at radius 3 is 2.37 bits per heavy atom. The highest BCUT2D eigenvalue weighted by atomic mass is 32.2. The average Bonchev–Trinajstić information content (AvgIpc) is 3.30. The molecule has 0 aliphatic rings. The normalized spacial score (nSPS) is 11.3. The van der Waals surface area contributed by atoms with E-state index in [1.54, 1.807) is 42.5 Å².